The molecule has 0 radical (unpaired) electrons. The quantitative estimate of drug-likeness (QED) is 0.739. The van der Waals surface area contributed by atoms with Crippen molar-refractivity contribution in [3.8, 4) is 0 Å². The predicted octanol–water partition coefficient (Wildman–Crippen LogP) is -0.386. The Balaban J connectivity index is 2.27. The molecule has 1 atom stereocenters. The first-order valence-corrected chi connectivity index (χ1v) is 7.88. The minimum Gasteiger partial charge on any atom is -0.313 e. The summed E-state index contributed by atoms with van der Waals surface area (Å²) >= 11 is 0. The molecule has 0 saturated carbocycles. The Morgan fingerprint density at radius 1 is 1.14 bits per heavy atom. The predicted molar refractivity (Wildman–Crippen MR) is 75.8 cm³/mol. The van der Waals surface area contributed by atoms with Crippen LogP contribution in [-0.2, 0) is 19.6 Å². The van der Waals surface area contributed by atoms with Crippen LogP contribution in [0.25, 0.3) is 0 Å². The number of sulfonamides is 1. The van der Waals surface area contributed by atoms with Gasteiger partial charge in [0, 0.05) is 6.04 Å². The van der Waals surface area contributed by atoms with Gasteiger partial charge in [-0.1, -0.05) is 12.1 Å². The molecule has 1 aliphatic rings. The standard InChI is InChI=1S/C13H17N3O4S/c1-9(14-2)10-3-5-11(6-4-10)21(19,20)16-7-12(17)15-13(18)8-16/h3-6,9,14H,7-8H2,1-2H3,(H,15,17,18). The lowest BCUT2D eigenvalue weighted by Gasteiger charge is -2.24. The normalized spacial score (nSPS) is 18.4. The van der Waals surface area contributed by atoms with Crippen LogP contribution in [0.1, 0.15) is 18.5 Å². The van der Waals surface area contributed by atoms with Crippen molar-refractivity contribution < 1.29 is 18.0 Å². The van der Waals surface area contributed by atoms with Gasteiger partial charge in [0.1, 0.15) is 0 Å². The van der Waals surface area contributed by atoms with E-state index in [0.717, 1.165) is 9.87 Å². The van der Waals surface area contributed by atoms with Crippen molar-refractivity contribution in [3.05, 3.63) is 29.8 Å². The third-order valence-corrected chi connectivity index (χ3v) is 5.18. The second-order valence-corrected chi connectivity index (χ2v) is 6.76. The molecule has 1 fully saturated rings. The van der Waals surface area contributed by atoms with E-state index in [2.05, 4.69) is 10.6 Å². The van der Waals surface area contributed by atoms with E-state index in [1.807, 2.05) is 14.0 Å². The van der Waals surface area contributed by atoms with Gasteiger partial charge in [0.15, 0.2) is 0 Å². The van der Waals surface area contributed by atoms with Crippen LogP contribution >= 0.6 is 0 Å². The van der Waals surface area contributed by atoms with Crippen LogP contribution in [0, 0.1) is 0 Å². The van der Waals surface area contributed by atoms with Gasteiger partial charge in [-0.15, -0.1) is 0 Å². The molecule has 0 spiro atoms. The summed E-state index contributed by atoms with van der Waals surface area (Å²) in [5.74, 6) is -1.23. The van der Waals surface area contributed by atoms with Crippen LogP contribution in [0.15, 0.2) is 29.2 Å². The smallest absolute Gasteiger partial charge is 0.244 e. The minimum atomic E-state index is -3.85. The van der Waals surface area contributed by atoms with Crippen molar-refractivity contribution in [2.75, 3.05) is 20.1 Å². The maximum Gasteiger partial charge on any atom is 0.244 e. The highest BCUT2D eigenvalue weighted by atomic mass is 32.2. The zero-order chi connectivity index (χ0) is 15.6. The number of hydrogen-bond acceptors (Lipinski definition) is 5. The molecule has 0 bridgehead atoms. The minimum absolute atomic E-state index is 0.0667. The molecule has 0 aliphatic carbocycles. The number of piperazine rings is 1. The first kappa shape index (κ1) is 15.6. The summed E-state index contributed by atoms with van der Waals surface area (Å²) in [5, 5.41) is 5.13. The van der Waals surface area contributed by atoms with Gasteiger partial charge in [0.05, 0.1) is 18.0 Å². The lowest BCUT2D eigenvalue weighted by molar-refractivity contribution is -0.134. The lowest BCUT2D eigenvalue weighted by Crippen LogP contribution is -2.53. The molecule has 8 heteroatoms. The molecule has 1 aliphatic heterocycles. The van der Waals surface area contributed by atoms with Crippen molar-refractivity contribution in [2.24, 2.45) is 0 Å². The first-order chi connectivity index (χ1) is 9.84. The highest BCUT2D eigenvalue weighted by Gasteiger charge is 2.32. The van der Waals surface area contributed by atoms with Gasteiger partial charge in [0.25, 0.3) is 0 Å². The van der Waals surface area contributed by atoms with E-state index in [1.54, 1.807) is 12.1 Å². The second kappa shape index (κ2) is 5.92. The number of nitrogens with one attached hydrogen (secondary N) is 2. The van der Waals surface area contributed by atoms with Crippen LogP contribution < -0.4 is 10.6 Å². The van der Waals surface area contributed by atoms with Crippen molar-refractivity contribution >= 4 is 21.8 Å². The van der Waals surface area contributed by atoms with E-state index < -0.39 is 21.8 Å². The number of benzene rings is 1. The Morgan fingerprint density at radius 2 is 1.67 bits per heavy atom. The molecule has 1 heterocycles. The van der Waals surface area contributed by atoms with Gasteiger partial charge in [0.2, 0.25) is 21.8 Å². The monoisotopic (exact) mass is 311 g/mol. The summed E-state index contributed by atoms with van der Waals surface area (Å²) in [6.45, 7) is 1.27. The Hall–Kier alpha value is -1.77. The highest BCUT2D eigenvalue weighted by molar-refractivity contribution is 7.89. The first-order valence-electron chi connectivity index (χ1n) is 6.44. The zero-order valence-electron chi connectivity index (χ0n) is 11.8. The van der Waals surface area contributed by atoms with Gasteiger partial charge in [-0.2, -0.15) is 4.31 Å². The van der Waals surface area contributed by atoms with Gasteiger partial charge in [-0.3, -0.25) is 14.9 Å². The number of nitrogens with zero attached hydrogens (tertiary/aromatic N) is 1. The van der Waals surface area contributed by atoms with E-state index in [9.17, 15) is 18.0 Å². The summed E-state index contributed by atoms with van der Waals surface area (Å²) in [4.78, 5) is 22.7. The molecule has 2 amide bonds. The molecule has 1 unspecified atom stereocenters. The summed E-state index contributed by atoms with van der Waals surface area (Å²) in [7, 11) is -2.03. The molecular weight excluding hydrogens is 294 g/mol. The average Bonchev–Trinajstić information content (AvgIpc) is 2.45. The van der Waals surface area contributed by atoms with E-state index in [1.165, 1.54) is 12.1 Å². The number of carbonyl (C=O) groups excluding carboxylic acids is 2. The average molecular weight is 311 g/mol. The molecular formula is C13H17N3O4S. The number of amides is 2. The lowest BCUT2D eigenvalue weighted by atomic mass is 10.1. The zero-order valence-corrected chi connectivity index (χ0v) is 12.6. The summed E-state index contributed by atoms with van der Waals surface area (Å²) < 4.78 is 25.7. The van der Waals surface area contributed by atoms with Crippen molar-refractivity contribution in [2.45, 2.75) is 17.9 Å². The van der Waals surface area contributed by atoms with E-state index in [-0.39, 0.29) is 24.0 Å². The topological polar surface area (TPSA) is 95.6 Å². The summed E-state index contributed by atoms with van der Waals surface area (Å²) in [5.41, 5.74) is 0.948. The number of imide groups is 1. The maximum absolute atomic E-state index is 12.4. The van der Waals surface area contributed by atoms with E-state index in [4.69, 9.17) is 0 Å². The number of hydrogen-bond donors (Lipinski definition) is 2. The number of carbonyl (C=O) groups is 2. The third kappa shape index (κ3) is 3.29. The molecule has 1 aromatic rings. The van der Waals surface area contributed by atoms with Gasteiger partial charge in [-0.25, -0.2) is 8.42 Å². The largest absolute Gasteiger partial charge is 0.313 e. The Kier molecular flexibility index (Phi) is 4.40. The number of rotatable bonds is 4. The Bertz CT molecular complexity index is 638. The van der Waals surface area contributed by atoms with Gasteiger partial charge < -0.3 is 5.32 Å². The molecule has 2 N–H and O–H groups in total. The molecule has 7 nitrogen and oxygen atoms in total. The Labute approximate surface area is 123 Å². The van der Waals surface area contributed by atoms with Crippen LogP contribution in [0.5, 0.6) is 0 Å². The van der Waals surface area contributed by atoms with Crippen LogP contribution in [-0.4, -0.2) is 44.7 Å². The molecule has 2 rings (SSSR count). The van der Waals surface area contributed by atoms with E-state index in [0.29, 0.717) is 0 Å². The molecule has 114 valence electrons. The fraction of sp³-hybridized carbons (Fsp3) is 0.385. The molecule has 0 aromatic heterocycles. The molecule has 21 heavy (non-hydrogen) atoms. The second-order valence-electron chi connectivity index (χ2n) is 4.82. The highest BCUT2D eigenvalue weighted by Crippen LogP contribution is 2.19. The van der Waals surface area contributed by atoms with Crippen LogP contribution in [0.2, 0.25) is 0 Å². The summed E-state index contributed by atoms with van der Waals surface area (Å²) in [6.07, 6.45) is 0. The SMILES string of the molecule is CNC(C)c1ccc(S(=O)(=O)N2CC(=O)NC(=O)C2)cc1. The van der Waals surface area contributed by atoms with Gasteiger partial charge in [-0.05, 0) is 31.7 Å². The van der Waals surface area contributed by atoms with Crippen LogP contribution in [0.4, 0.5) is 0 Å². The van der Waals surface area contributed by atoms with Crippen molar-refractivity contribution in [1.82, 2.24) is 14.9 Å². The van der Waals surface area contributed by atoms with Gasteiger partial charge >= 0.3 is 0 Å². The maximum atomic E-state index is 12.4. The fourth-order valence-electron chi connectivity index (χ4n) is 2.02. The fourth-order valence-corrected chi connectivity index (χ4v) is 3.38. The molecule has 1 aromatic carbocycles. The van der Waals surface area contributed by atoms with Crippen LogP contribution in [0.3, 0.4) is 0 Å². The van der Waals surface area contributed by atoms with E-state index >= 15 is 0 Å². The molecule has 1 saturated heterocycles. The summed E-state index contributed by atoms with van der Waals surface area (Å²) in [6, 6.07) is 6.48. The Morgan fingerprint density at radius 3 is 2.14 bits per heavy atom. The van der Waals surface area contributed by atoms with Crippen molar-refractivity contribution in [3.63, 3.8) is 0 Å². The third-order valence-electron chi connectivity index (χ3n) is 3.37. The van der Waals surface area contributed by atoms with Crippen molar-refractivity contribution in [1.29, 1.82) is 0 Å².